The Kier molecular flexibility index (Phi) is 5.43. The van der Waals surface area contributed by atoms with E-state index in [1.165, 1.54) is 16.7 Å². The van der Waals surface area contributed by atoms with Gasteiger partial charge in [-0.1, -0.05) is 80.6 Å². The quantitative estimate of drug-likeness (QED) is 0.623. The lowest BCUT2D eigenvalue weighted by Crippen LogP contribution is -2.35. The van der Waals surface area contributed by atoms with Gasteiger partial charge in [-0.25, -0.2) is 0 Å². The summed E-state index contributed by atoms with van der Waals surface area (Å²) in [5.41, 5.74) is 4.37. The molecule has 26 heavy (non-hydrogen) atoms. The van der Waals surface area contributed by atoms with E-state index in [0.717, 1.165) is 11.3 Å². The van der Waals surface area contributed by atoms with Crippen molar-refractivity contribution in [2.75, 3.05) is 7.11 Å². The number of aliphatic hydroxyl groups is 1. The number of hydrogen-bond acceptors (Lipinski definition) is 2. The number of hydrogen-bond donors (Lipinski definition) is 1. The predicted octanol–water partition coefficient (Wildman–Crippen LogP) is 5.18. The first-order chi connectivity index (χ1) is 12.6. The standard InChI is InChI=1S/C24H26O2/c1-18(2)24(20-7-5-4-6-8-20,21-11-9-19(17-25)10-12-21)22-13-15-23(26-3)16-14-22/h4-16,18,25H,17H2,1-3H3. The first kappa shape index (κ1) is 18.2. The van der Waals surface area contributed by atoms with Crippen LogP contribution in [0.25, 0.3) is 0 Å². The summed E-state index contributed by atoms with van der Waals surface area (Å²) in [5, 5.41) is 9.42. The van der Waals surface area contributed by atoms with Crippen LogP contribution in [-0.4, -0.2) is 12.2 Å². The van der Waals surface area contributed by atoms with Crippen LogP contribution in [0.4, 0.5) is 0 Å². The maximum absolute atomic E-state index is 9.42. The van der Waals surface area contributed by atoms with Crippen molar-refractivity contribution in [3.05, 3.63) is 101 Å². The largest absolute Gasteiger partial charge is 0.497 e. The smallest absolute Gasteiger partial charge is 0.118 e. The van der Waals surface area contributed by atoms with E-state index < -0.39 is 0 Å². The zero-order valence-electron chi connectivity index (χ0n) is 15.6. The van der Waals surface area contributed by atoms with Gasteiger partial charge in [-0.05, 0) is 40.3 Å². The zero-order chi connectivity index (χ0) is 18.6. The van der Waals surface area contributed by atoms with Crippen LogP contribution < -0.4 is 4.74 Å². The molecule has 0 saturated heterocycles. The van der Waals surface area contributed by atoms with Gasteiger partial charge in [0.05, 0.1) is 13.7 Å². The minimum atomic E-state index is -0.276. The highest BCUT2D eigenvalue weighted by Crippen LogP contribution is 2.45. The fourth-order valence-corrected chi connectivity index (χ4v) is 3.93. The summed E-state index contributed by atoms with van der Waals surface area (Å²) in [4.78, 5) is 0. The number of aliphatic hydroxyl groups excluding tert-OH is 1. The van der Waals surface area contributed by atoms with Crippen molar-refractivity contribution >= 4 is 0 Å². The van der Waals surface area contributed by atoms with Gasteiger partial charge in [0.15, 0.2) is 0 Å². The molecule has 2 nitrogen and oxygen atoms in total. The Hall–Kier alpha value is -2.58. The van der Waals surface area contributed by atoms with Crippen LogP contribution in [0, 0.1) is 5.92 Å². The average molecular weight is 346 g/mol. The summed E-state index contributed by atoms with van der Waals surface area (Å²) >= 11 is 0. The highest BCUT2D eigenvalue weighted by Gasteiger charge is 2.39. The van der Waals surface area contributed by atoms with Gasteiger partial charge in [-0.2, -0.15) is 0 Å². The molecule has 0 heterocycles. The molecule has 0 aliphatic carbocycles. The minimum Gasteiger partial charge on any atom is -0.497 e. The third-order valence-electron chi connectivity index (χ3n) is 5.23. The predicted molar refractivity (Wildman–Crippen MR) is 107 cm³/mol. The molecule has 1 atom stereocenters. The third kappa shape index (κ3) is 3.13. The molecule has 0 amide bonds. The SMILES string of the molecule is COc1ccc(C(c2ccccc2)(c2ccc(CO)cc2)C(C)C)cc1. The van der Waals surface area contributed by atoms with Gasteiger partial charge >= 0.3 is 0 Å². The van der Waals surface area contributed by atoms with E-state index in [0.29, 0.717) is 5.92 Å². The Morgan fingerprint density at radius 3 is 1.73 bits per heavy atom. The normalized spacial score (nSPS) is 13.4. The second-order valence-corrected chi connectivity index (χ2v) is 6.91. The summed E-state index contributed by atoms with van der Waals surface area (Å²) in [6.45, 7) is 4.58. The van der Waals surface area contributed by atoms with Gasteiger partial charge in [-0.3, -0.25) is 0 Å². The highest BCUT2D eigenvalue weighted by molar-refractivity contribution is 5.52. The molecular formula is C24H26O2. The molecule has 0 radical (unpaired) electrons. The van der Waals surface area contributed by atoms with E-state index in [4.69, 9.17) is 4.74 Å². The minimum absolute atomic E-state index is 0.0584. The Bertz CT molecular complexity index is 771. The zero-order valence-corrected chi connectivity index (χ0v) is 15.6. The fourth-order valence-electron chi connectivity index (χ4n) is 3.93. The van der Waals surface area contributed by atoms with Gasteiger partial charge in [0.25, 0.3) is 0 Å². The fraction of sp³-hybridized carbons (Fsp3) is 0.250. The lowest BCUT2D eigenvalue weighted by Gasteiger charge is -2.40. The van der Waals surface area contributed by atoms with Crippen LogP contribution in [0.3, 0.4) is 0 Å². The van der Waals surface area contributed by atoms with Crippen LogP contribution >= 0.6 is 0 Å². The lowest BCUT2D eigenvalue weighted by atomic mass is 9.63. The summed E-state index contributed by atoms with van der Waals surface area (Å²) in [6, 6.07) is 27.3. The summed E-state index contributed by atoms with van der Waals surface area (Å²) < 4.78 is 5.36. The van der Waals surface area contributed by atoms with Gasteiger partial charge in [-0.15, -0.1) is 0 Å². The van der Waals surface area contributed by atoms with Crippen molar-refractivity contribution < 1.29 is 9.84 Å². The Balaban J connectivity index is 2.27. The number of rotatable bonds is 6. The molecule has 3 aromatic rings. The Labute approximate surface area is 156 Å². The van der Waals surface area contributed by atoms with E-state index in [1.807, 2.05) is 24.3 Å². The van der Waals surface area contributed by atoms with Crippen molar-refractivity contribution in [1.82, 2.24) is 0 Å². The van der Waals surface area contributed by atoms with Crippen LogP contribution in [0.1, 0.15) is 36.1 Å². The van der Waals surface area contributed by atoms with Gasteiger partial charge in [0, 0.05) is 5.41 Å². The average Bonchev–Trinajstić information content (AvgIpc) is 2.70. The molecule has 0 aliphatic heterocycles. The molecule has 0 saturated carbocycles. The van der Waals surface area contributed by atoms with E-state index in [1.54, 1.807) is 7.11 Å². The van der Waals surface area contributed by atoms with Gasteiger partial charge in [0.1, 0.15) is 5.75 Å². The monoisotopic (exact) mass is 346 g/mol. The number of benzene rings is 3. The van der Waals surface area contributed by atoms with E-state index in [2.05, 4.69) is 68.4 Å². The molecule has 0 aliphatic rings. The van der Waals surface area contributed by atoms with Crippen molar-refractivity contribution in [2.24, 2.45) is 5.92 Å². The second kappa shape index (κ2) is 7.76. The van der Waals surface area contributed by atoms with Crippen LogP contribution in [-0.2, 0) is 12.0 Å². The molecule has 0 bridgehead atoms. The molecule has 1 unspecified atom stereocenters. The summed E-state index contributed by atoms with van der Waals surface area (Å²) in [5.74, 6) is 1.19. The Morgan fingerprint density at radius 1 is 0.769 bits per heavy atom. The molecule has 0 fully saturated rings. The maximum Gasteiger partial charge on any atom is 0.118 e. The molecule has 2 heteroatoms. The first-order valence-corrected chi connectivity index (χ1v) is 9.03. The molecular weight excluding hydrogens is 320 g/mol. The molecule has 0 spiro atoms. The third-order valence-corrected chi connectivity index (χ3v) is 5.23. The van der Waals surface area contributed by atoms with Gasteiger partial charge in [0.2, 0.25) is 0 Å². The topological polar surface area (TPSA) is 29.5 Å². The second-order valence-electron chi connectivity index (χ2n) is 6.91. The number of ether oxygens (including phenoxy) is 1. The molecule has 3 aromatic carbocycles. The summed E-state index contributed by atoms with van der Waals surface area (Å²) in [7, 11) is 1.69. The van der Waals surface area contributed by atoms with E-state index in [9.17, 15) is 5.11 Å². The summed E-state index contributed by atoms with van der Waals surface area (Å²) in [6.07, 6.45) is 0. The Morgan fingerprint density at radius 2 is 1.27 bits per heavy atom. The van der Waals surface area contributed by atoms with Gasteiger partial charge < -0.3 is 9.84 Å². The van der Waals surface area contributed by atoms with Crippen LogP contribution in [0.15, 0.2) is 78.9 Å². The van der Waals surface area contributed by atoms with E-state index in [-0.39, 0.29) is 12.0 Å². The van der Waals surface area contributed by atoms with Crippen molar-refractivity contribution in [1.29, 1.82) is 0 Å². The highest BCUT2D eigenvalue weighted by atomic mass is 16.5. The first-order valence-electron chi connectivity index (χ1n) is 9.03. The number of methoxy groups -OCH3 is 1. The van der Waals surface area contributed by atoms with E-state index >= 15 is 0 Å². The lowest BCUT2D eigenvalue weighted by molar-refractivity contribution is 0.281. The molecule has 1 N–H and O–H groups in total. The maximum atomic E-state index is 9.42. The van der Waals surface area contributed by atoms with Crippen LogP contribution in [0.5, 0.6) is 5.75 Å². The molecule has 0 aromatic heterocycles. The van der Waals surface area contributed by atoms with Crippen molar-refractivity contribution in [3.8, 4) is 5.75 Å². The molecule has 3 rings (SSSR count). The van der Waals surface area contributed by atoms with Crippen molar-refractivity contribution in [3.63, 3.8) is 0 Å². The molecule has 134 valence electrons. The van der Waals surface area contributed by atoms with Crippen LogP contribution in [0.2, 0.25) is 0 Å². The van der Waals surface area contributed by atoms with Crippen molar-refractivity contribution in [2.45, 2.75) is 25.9 Å².